The maximum Gasteiger partial charge on any atom is 0.102 e. The van der Waals surface area contributed by atoms with Crippen molar-refractivity contribution in [2.45, 2.75) is 6.92 Å². The maximum absolute atomic E-state index is 8.05. The molecule has 0 saturated carbocycles. The van der Waals surface area contributed by atoms with Gasteiger partial charge in [-0.15, -0.1) is 0 Å². The lowest BCUT2D eigenvalue weighted by molar-refractivity contribution is 0.986. The summed E-state index contributed by atoms with van der Waals surface area (Å²) in [7, 11) is 0. The molecule has 0 amide bonds. The molecule has 0 atom stereocenters. The zero-order valence-corrected chi connectivity index (χ0v) is 5.31. The van der Waals surface area contributed by atoms with E-state index in [0.29, 0.717) is 6.54 Å². The van der Waals surface area contributed by atoms with Crippen molar-refractivity contribution in [3.05, 3.63) is 11.8 Å². The summed E-state index contributed by atoms with van der Waals surface area (Å²) in [5.41, 5.74) is 0.810. The highest BCUT2D eigenvalue weighted by atomic mass is 14.8. The quantitative estimate of drug-likeness (QED) is 0.329. The summed E-state index contributed by atoms with van der Waals surface area (Å²) in [6.45, 7) is 2.09. The predicted octanol–water partition coefficient (Wildman–Crippen LogP) is 0.653. The minimum Gasteiger partial charge on any atom is -0.378 e. The molecule has 48 valence electrons. The smallest absolute Gasteiger partial charge is 0.102 e. The first kappa shape index (κ1) is 7.70. The third-order valence-corrected chi connectivity index (χ3v) is 0.739. The van der Waals surface area contributed by atoms with E-state index in [2.05, 4.69) is 5.32 Å². The zero-order valence-electron chi connectivity index (χ0n) is 5.31. The van der Waals surface area contributed by atoms with E-state index in [-0.39, 0.29) is 0 Å². The SMILES string of the molecule is C/C(C=N)=C/NCC#N. The molecule has 0 heterocycles. The van der Waals surface area contributed by atoms with Gasteiger partial charge in [0.25, 0.3) is 0 Å². The normalized spacial score (nSPS) is 10.0. The first-order valence-electron chi connectivity index (χ1n) is 2.59. The Bertz CT molecular complexity index is 152. The second kappa shape index (κ2) is 4.85. The van der Waals surface area contributed by atoms with Gasteiger partial charge in [-0.25, -0.2) is 0 Å². The van der Waals surface area contributed by atoms with Crippen LogP contribution in [0.15, 0.2) is 11.8 Å². The van der Waals surface area contributed by atoms with E-state index in [1.807, 2.05) is 6.07 Å². The van der Waals surface area contributed by atoms with Crippen molar-refractivity contribution in [3.63, 3.8) is 0 Å². The van der Waals surface area contributed by atoms with E-state index in [1.54, 1.807) is 13.1 Å². The highest BCUT2D eigenvalue weighted by Crippen LogP contribution is 1.79. The van der Waals surface area contributed by atoms with E-state index < -0.39 is 0 Å². The van der Waals surface area contributed by atoms with Crippen LogP contribution >= 0.6 is 0 Å². The molecule has 0 spiro atoms. The molecule has 0 rings (SSSR count). The number of nitrogens with zero attached hydrogens (tertiary/aromatic N) is 1. The van der Waals surface area contributed by atoms with Gasteiger partial charge < -0.3 is 10.7 Å². The molecule has 0 saturated heterocycles. The summed E-state index contributed by atoms with van der Waals surface area (Å²) in [6, 6.07) is 1.92. The average molecular weight is 123 g/mol. The van der Waals surface area contributed by atoms with Crippen molar-refractivity contribution < 1.29 is 0 Å². The Morgan fingerprint density at radius 1 is 1.89 bits per heavy atom. The minimum atomic E-state index is 0.297. The van der Waals surface area contributed by atoms with Crippen LogP contribution in [0.3, 0.4) is 0 Å². The Morgan fingerprint density at radius 3 is 3.00 bits per heavy atom. The van der Waals surface area contributed by atoms with Crippen LogP contribution in [0, 0.1) is 16.7 Å². The maximum atomic E-state index is 8.05. The van der Waals surface area contributed by atoms with Crippen LogP contribution in [0.4, 0.5) is 0 Å². The van der Waals surface area contributed by atoms with Gasteiger partial charge in [-0.2, -0.15) is 5.26 Å². The van der Waals surface area contributed by atoms with Crippen LogP contribution in [-0.2, 0) is 0 Å². The molecule has 9 heavy (non-hydrogen) atoms. The molecule has 0 aromatic rings. The molecular formula is C6H9N3. The fourth-order valence-corrected chi connectivity index (χ4v) is 0.299. The molecular weight excluding hydrogens is 114 g/mol. The summed E-state index contributed by atoms with van der Waals surface area (Å²) < 4.78 is 0. The Kier molecular flexibility index (Phi) is 4.15. The van der Waals surface area contributed by atoms with Gasteiger partial charge in [-0.05, 0) is 12.5 Å². The molecule has 0 aromatic heterocycles. The van der Waals surface area contributed by atoms with E-state index in [4.69, 9.17) is 10.7 Å². The van der Waals surface area contributed by atoms with E-state index in [9.17, 15) is 0 Å². The van der Waals surface area contributed by atoms with Crippen molar-refractivity contribution in [2.24, 2.45) is 0 Å². The Hall–Kier alpha value is -1.30. The standard InChI is InChI=1S/C6H9N3/c1-6(4-8)5-9-3-2-7/h4-5,8-9H,3H2,1H3/b6-5-,8-4?. The fraction of sp³-hybridized carbons (Fsp3) is 0.333. The molecule has 0 fully saturated rings. The summed E-state index contributed by atoms with van der Waals surface area (Å²) in [5.74, 6) is 0. The van der Waals surface area contributed by atoms with Crippen LogP contribution in [0.2, 0.25) is 0 Å². The van der Waals surface area contributed by atoms with E-state index in [0.717, 1.165) is 5.57 Å². The molecule has 0 bridgehead atoms. The van der Waals surface area contributed by atoms with Gasteiger partial charge in [-0.1, -0.05) is 0 Å². The number of hydrogen-bond acceptors (Lipinski definition) is 3. The van der Waals surface area contributed by atoms with Gasteiger partial charge in [0.1, 0.15) is 6.54 Å². The Balaban J connectivity index is 3.46. The summed E-state index contributed by atoms with van der Waals surface area (Å²) >= 11 is 0. The Morgan fingerprint density at radius 2 is 2.56 bits per heavy atom. The zero-order chi connectivity index (χ0) is 7.11. The molecule has 0 aliphatic carbocycles. The van der Waals surface area contributed by atoms with Gasteiger partial charge in [-0.3, -0.25) is 0 Å². The summed E-state index contributed by atoms with van der Waals surface area (Å²) in [6.07, 6.45) is 2.86. The number of rotatable bonds is 3. The van der Waals surface area contributed by atoms with Gasteiger partial charge in [0.2, 0.25) is 0 Å². The van der Waals surface area contributed by atoms with Gasteiger partial charge >= 0.3 is 0 Å². The fourth-order valence-electron chi connectivity index (χ4n) is 0.299. The number of allylic oxidation sites excluding steroid dienone is 1. The van der Waals surface area contributed by atoms with Crippen molar-refractivity contribution in [1.29, 1.82) is 10.7 Å². The van der Waals surface area contributed by atoms with Crippen molar-refractivity contribution in [3.8, 4) is 6.07 Å². The van der Waals surface area contributed by atoms with Gasteiger partial charge in [0.05, 0.1) is 6.07 Å². The summed E-state index contributed by atoms with van der Waals surface area (Å²) in [4.78, 5) is 0. The van der Waals surface area contributed by atoms with Crippen molar-refractivity contribution >= 4 is 6.21 Å². The monoisotopic (exact) mass is 123 g/mol. The first-order valence-corrected chi connectivity index (χ1v) is 2.59. The van der Waals surface area contributed by atoms with Crippen LogP contribution in [0.25, 0.3) is 0 Å². The minimum absolute atomic E-state index is 0.297. The number of hydrogen-bond donors (Lipinski definition) is 2. The molecule has 0 radical (unpaired) electrons. The van der Waals surface area contributed by atoms with Crippen LogP contribution in [-0.4, -0.2) is 12.8 Å². The third-order valence-electron chi connectivity index (χ3n) is 0.739. The molecule has 3 nitrogen and oxygen atoms in total. The number of nitrogens with one attached hydrogen (secondary N) is 2. The van der Waals surface area contributed by atoms with Crippen molar-refractivity contribution in [1.82, 2.24) is 5.32 Å². The second-order valence-corrected chi connectivity index (χ2v) is 1.57. The third kappa shape index (κ3) is 4.56. The van der Waals surface area contributed by atoms with Crippen LogP contribution < -0.4 is 5.32 Å². The van der Waals surface area contributed by atoms with Gasteiger partial charge in [0.15, 0.2) is 0 Å². The lowest BCUT2D eigenvalue weighted by Crippen LogP contribution is -2.04. The lowest BCUT2D eigenvalue weighted by atomic mass is 10.4. The highest BCUT2D eigenvalue weighted by molar-refractivity contribution is 5.74. The molecule has 0 aliphatic heterocycles. The van der Waals surface area contributed by atoms with E-state index in [1.165, 1.54) is 6.21 Å². The Labute approximate surface area is 54.5 Å². The molecule has 3 heteroatoms. The highest BCUT2D eigenvalue weighted by Gasteiger charge is 1.77. The lowest BCUT2D eigenvalue weighted by Gasteiger charge is -1.90. The molecule has 0 unspecified atom stereocenters. The largest absolute Gasteiger partial charge is 0.378 e. The van der Waals surface area contributed by atoms with Crippen LogP contribution in [0.1, 0.15) is 6.92 Å². The molecule has 0 aromatic carbocycles. The topological polar surface area (TPSA) is 59.7 Å². The molecule has 2 N–H and O–H groups in total. The first-order chi connectivity index (χ1) is 4.31. The second-order valence-electron chi connectivity index (χ2n) is 1.57. The predicted molar refractivity (Wildman–Crippen MR) is 36.2 cm³/mol. The molecule has 0 aliphatic rings. The van der Waals surface area contributed by atoms with Crippen molar-refractivity contribution in [2.75, 3.05) is 6.54 Å². The van der Waals surface area contributed by atoms with Gasteiger partial charge in [0, 0.05) is 12.4 Å². The number of nitriles is 1. The average Bonchev–Trinajstić information content (AvgIpc) is 1.89. The van der Waals surface area contributed by atoms with Crippen LogP contribution in [0.5, 0.6) is 0 Å². The van der Waals surface area contributed by atoms with E-state index >= 15 is 0 Å². The summed E-state index contributed by atoms with van der Waals surface area (Å²) in [5, 5.41) is 17.5.